The van der Waals surface area contributed by atoms with Gasteiger partial charge in [-0.15, -0.1) is 0 Å². The predicted octanol–water partition coefficient (Wildman–Crippen LogP) is 2.60. The highest BCUT2D eigenvalue weighted by Gasteiger charge is 2.34. The molecule has 1 saturated heterocycles. The molecule has 6 nitrogen and oxygen atoms in total. The van der Waals surface area contributed by atoms with E-state index in [0.29, 0.717) is 18.1 Å². The van der Waals surface area contributed by atoms with Crippen molar-refractivity contribution in [1.82, 2.24) is 10.2 Å². The van der Waals surface area contributed by atoms with Gasteiger partial charge in [0.1, 0.15) is 6.54 Å². The van der Waals surface area contributed by atoms with Crippen LogP contribution in [0.3, 0.4) is 0 Å². The number of piperazine rings is 1. The fraction of sp³-hybridized carbons (Fsp3) is 0.526. The number of amides is 3. The molecule has 1 aliphatic heterocycles. The van der Waals surface area contributed by atoms with E-state index in [9.17, 15) is 14.4 Å². The molecular formula is C19H26ClN3O3. The number of nitrogens with one attached hydrogen (secondary N) is 1. The van der Waals surface area contributed by atoms with E-state index in [0.717, 1.165) is 24.9 Å². The highest BCUT2D eigenvalue weighted by atomic mass is 35.5. The Balaban J connectivity index is 2.09. The first-order valence-electron chi connectivity index (χ1n) is 9.02. The number of carbonyl (C=O) groups is 3. The zero-order chi connectivity index (χ0) is 19.1. The quantitative estimate of drug-likeness (QED) is 0.791. The van der Waals surface area contributed by atoms with Gasteiger partial charge in [0, 0.05) is 37.1 Å². The van der Waals surface area contributed by atoms with Crippen molar-refractivity contribution < 1.29 is 14.4 Å². The highest BCUT2D eigenvalue weighted by Crippen LogP contribution is 2.24. The lowest BCUT2D eigenvalue weighted by Crippen LogP contribution is -2.58. The van der Waals surface area contributed by atoms with E-state index in [1.807, 2.05) is 12.1 Å². The smallest absolute Gasteiger partial charge is 0.246 e. The van der Waals surface area contributed by atoms with E-state index >= 15 is 0 Å². The number of hydrogen-bond acceptors (Lipinski definition) is 3. The molecular weight excluding hydrogens is 354 g/mol. The molecule has 1 atom stereocenters. The molecule has 0 saturated carbocycles. The number of carbonyl (C=O) groups excluding carboxylic acids is 3. The lowest BCUT2D eigenvalue weighted by molar-refractivity contribution is -0.140. The lowest BCUT2D eigenvalue weighted by atomic mass is 10.0. The number of unbranched alkanes of at least 4 members (excludes halogenated alkanes) is 1. The Labute approximate surface area is 159 Å². The Morgan fingerprint density at radius 3 is 2.58 bits per heavy atom. The largest absolute Gasteiger partial charge is 0.356 e. The van der Waals surface area contributed by atoms with Gasteiger partial charge in [0.05, 0.1) is 6.04 Å². The molecule has 1 N–H and O–H groups in total. The van der Waals surface area contributed by atoms with Crippen molar-refractivity contribution in [2.24, 2.45) is 0 Å². The van der Waals surface area contributed by atoms with Crippen LogP contribution in [-0.4, -0.2) is 48.3 Å². The molecule has 1 aliphatic rings. The van der Waals surface area contributed by atoms with Crippen molar-refractivity contribution in [3.8, 4) is 0 Å². The van der Waals surface area contributed by atoms with Crippen LogP contribution in [0.25, 0.3) is 0 Å². The van der Waals surface area contributed by atoms with Gasteiger partial charge in [-0.05, 0) is 30.7 Å². The van der Waals surface area contributed by atoms with E-state index in [2.05, 4.69) is 12.2 Å². The number of halogens is 1. The average molecular weight is 380 g/mol. The predicted molar refractivity (Wildman–Crippen MR) is 102 cm³/mol. The van der Waals surface area contributed by atoms with Crippen molar-refractivity contribution >= 4 is 35.0 Å². The molecule has 26 heavy (non-hydrogen) atoms. The molecule has 0 unspecified atom stereocenters. The third-order valence-electron chi connectivity index (χ3n) is 4.50. The maximum Gasteiger partial charge on any atom is 0.246 e. The van der Waals surface area contributed by atoms with Gasteiger partial charge in [-0.25, -0.2) is 0 Å². The molecule has 0 aromatic heterocycles. The molecule has 1 heterocycles. The minimum absolute atomic E-state index is 0.0202. The van der Waals surface area contributed by atoms with Gasteiger partial charge >= 0.3 is 0 Å². The second-order valence-electron chi connectivity index (χ2n) is 6.53. The summed E-state index contributed by atoms with van der Waals surface area (Å²) in [6, 6.07) is 7.15. The standard InChI is InChI=1S/C19H26ClN3O3/c1-3-4-5-17-12-22(16-8-6-15(20)7-9-16)19(26)13-23(17)18(25)10-11-21-14(2)24/h6-9,17H,3-5,10-13H2,1-2H3,(H,21,24)/t17-/m1/s1. The number of hydrogen-bond donors (Lipinski definition) is 1. The Bertz CT molecular complexity index is 648. The summed E-state index contributed by atoms with van der Waals surface area (Å²) in [7, 11) is 0. The second-order valence-corrected chi connectivity index (χ2v) is 6.97. The zero-order valence-corrected chi connectivity index (χ0v) is 16.1. The van der Waals surface area contributed by atoms with E-state index in [4.69, 9.17) is 11.6 Å². The van der Waals surface area contributed by atoms with Crippen molar-refractivity contribution in [3.05, 3.63) is 29.3 Å². The minimum atomic E-state index is -0.163. The Kier molecular flexibility index (Phi) is 7.45. The lowest BCUT2D eigenvalue weighted by Gasteiger charge is -2.41. The summed E-state index contributed by atoms with van der Waals surface area (Å²) < 4.78 is 0. The van der Waals surface area contributed by atoms with Crippen LogP contribution < -0.4 is 10.2 Å². The molecule has 1 aromatic rings. The summed E-state index contributed by atoms with van der Waals surface area (Å²) in [5, 5.41) is 3.25. The molecule has 2 rings (SSSR count). The third kappa shape index (κ3) is 5.46. The van der Waals surface area contributed by atoms with Crippen molar-refractivity contribution in [3.63, 3.8) is 0 Å². The molecule has 7 heteroatoms. The van der Waals surface area contributed by atoms with Crippen LogP contribution in [0.1, 0.15) is 39.5 Å². The Morgan fingerprint density at radius 1 is 1.27 bits per heavy atom. The first kappa shape index (κ1) is 20.2. The summed E-state index contributed by atoms with van der Waals surface area (Å²) >= 11 is 5.93. The zero-order valence-electron chi connectivity index (χ0n) is 15.3. The summed E-state index contributed by atoms with van der Waals surface area (Å²) in [6.45, 7) is 4.36. The van der Waals surface area contributed by atoms with Crippen LogP contribution in [-0.2, 0) is 14.4 Å². The fourth-order valence-electron chi connectivity index (χ4n) is 3.11. The SMILES string of the molecule is CCCC[C@@H]1CN(c2ccc(Cl)cc2)C(=O)CN1C(=O)CCNC(C)=O. The van der Waals surface area contributed by atoms with Crippen molar-refractivity contribution in [1.29, 1.82) is 0 Å². The summed E-state index contributed by atoms with van der Waals surface area (Å²) in [6.07, 6.45) is 3.07. The van der Waals surface area contributed by atoms with Gasteiger partial charge in [-0.1, -0.05) is 31.4 Å². The number of benzene rings is 1. The maximum absolute atomic E-state index is 12.6. The van der Waals surface area contributed by atoms with Crippen LogP contribution in [0.15, 0.2) is 24.3 Å². The van der Waals surface area contributed by atoms with Gasteiger partial charge in [0.25, 0.3) is 0 Å². The average Bonchev–Trinajstić information content (AvgIpc) is 2.61. The summed E-state index contributed by atoms with van der Waals surface area (Å²) in [5.41, 5.74) is 0.797. The number of anilines is 1. The number of rotatable bonds is 7. The second kappa shape index (κ2) is 9.57. The van der Waals surface area contributed by atoms with Gasteiger partial charge in [-0.2, -0.15) is 0 Å². The van der Waals surface area contributed by atoms with Crippen molar-refractivity contribution in [2.45, 2.75) is 45.6 Å². The highest BCUT2D eigenvalue weighted by molar-refractivity contribution is 6.30. The molecule has 0 radical (unpaired) electrons. The van der Waals surface area contributed by atoms with Crippen molar-refractivity contribution in [2.75, 3.05) is 24.5 Å². The van der Waals surface area contributed by atoms with Crippen LogP contribution >= 0.6 is 11.6 Å². The van der Waals surface area contributed by atoms with Crippen LogP contribution in [0.2, 0.25) is 5.02 Å². The van der Waals surface area contributed by atoms with E-state index in [1.165, 1.54) is 6.92 Å². The summed E-state index contributed by atoms with van der Waals surface area (Å²) in [4.78, 5) is 39.6. The van der Waals surface area contributed by atoms with Crippen LogP contribution in [0, 0.1) is 0 Å². The first-order valence-corrected chi connectivity index (χ1v) is 9.40. The molecule has 0 spiro atoms. The molecule has 1 fully saturated rings. The number of nitrogens with zero attached hydrogens (tertiary/aromatic N) is 2. The van der Waals surface area contributed by atoms with Gasteiger partial charge in [-0.3, -0.25) is 14.4 Å². The van der Waals surface area contributed by atoms with Crippen LogP contribution in [0.4, 0.5) is 5.69 Å². The first-order chi connectivity index (χ1) is 12.4. The minimum Gasteiger partial charge on any atom is -0.356 e. The van der Waals surface area contributed by atoms with Crippen LogP contribution in [0.5, 0.6) is 0 Å². The van der Waals surface area contributed by atoms with E-state index in [-0.39, 0.29) is 36.7 Å². The molecule has 142 valence electrons. The maximum atomic E-state index is 12.6. The topological polar surface area (TPSA) is 69.7 Å². The van der Waals surface area contributed by atoms with E-state index in [1.54, 1.807) is 21.9 Å². The summed E-state index contributed by atoms with van der Waals surface area (Å²) in [5.74, 6) is -0.360. The normalized spacial score (nSPS) is 17.3. The molecule has 0 aliphatic carbocycles. The van der Waals surface area contributed by atoms with Gasteiger partial charge < -0.3 is 15.1 Å². The van der Waals surface area contributed by atoms with Gasteiger partial charge in [0.2, 0.25) is 17.7 Å². The van der Waals surface area contributed by atoms with Gasteiger partial charge in [0.15, 0.2) is 0 Å². The Hall–Kier alpha value is -2.08. The fourth-order valence-corrected chi connectivity index (χ4v) is 3.24. The third-order valence-corrected chi connectivity index (χ3v) is 4.76. The van der Waals surface area contributed by atoms with E-state index < -0.39 is 0 Å². The molecule has 0 bridgehead atoms. The Morgan fingerprint density at radius 2 is 1.96 bits per heavy atom. The molecule has 1 aromatic carbocycles. The monoisotopic (exact) mass is 379 g/mol. The molecule has 3 amide bonds.